The first-order chi connectivity index (χ1) is 11.1. The van der Waals surface area contributed by atoms with Crippen LogP contribution in [0.25, 0.3) is 0 Å². The fourth-order valence-corrected chi connectivity index (χ4v) is 3.14. The second-order valence-corrected chi connectivity index (χ2v) is 6.77. The molecule has 0 aromatic heterocycles. The third kappa shape index (κ3) is 4.75. The van der Waals surface area contributed by atoms with E-state index in [4.69, 9.17) is 4.74 Å². The molecule has 3 rings (SSSR count). The number of nitrogens with zero attached hydrogens (tertiary/aromatic N) is 2. The maximum Gasteiger partial charge on any atom is 0.227 e. The zero-order valence-corrected chi connectivity index (χ0v) is 13.7. The van der Waals surface area contributed by atoms with Gasteiger partial charge in [0, 0.05) is 26.2 Å². The van der Waals surface area contributed by atoms with E-state index in [1.165, 1.54) is 18.9 Å². The van der Waals surface area contributed by atoms with Gasteiger partial charge in [-0.05, 0) is 37.4 Å². The van der Waals surface area contributed by atoms with Gasteiger partial charge in [-0.2, -0.15) is 0 Å². The number of halogens is 1. The van der Waals surface area contributed by atoms with Gasteiger partial charge in [0.15, 0.2) is 0 Å². The third-order valence-corrected chi connectivity index (χ3v) is 4.57. The average Bonchev–Trinajstić information content (AvgIpc) is 3.33. The molecule has 5 heteroatoms. The molecular weight excluding hydrogens is 295 g/mol. The zero-order valence-electron chi connectivity index (χ0n) is 13.7. The lowest BCUT2D eigenvalue weighted by Gasteiger charge is -2.35. The summed E-state index contributed by atoms with van der Waals surface area (Å²) in [5, 5.41) is 0. The molecule has 4 nitrogen and oxygen atoms in total. The van der Waals surface area contributed by atoms with Crippen LogP contribution in [0.3, 0.4) is 0 Å². The molecule has 23 heavy (non-hydrogen) atoms. The maximum absolute atomic E-state index is 13.7. The fourth-order valence-electron chi connectivity index (χ4n) is 3.14. The minimum absolute atomic E-state index is 0.0201. The molecule has 1 saturated carbocycles. The fraction of sp³-hybridized carbons (Fsp3) is 0.611. The topological polar surface area (TPSA) is 32.8 Å². The predicted molar refractivity (Wildman–Crippen MR) is 86.6 cm³/mol. The van der Waals surface area contributed by atoms with Crippen molar-refractivity contribution in [1.29, 1.82) is 0 Å². The van der Waals surface area contributed by atoms with Gasteiger partial charge in [-0.3, -0.25) is 4.79 Å². The van der Waals surface area contributed by atoms with E-state index in [0.29, 0.717) is 25.3 Å². The first-order valence-corrected chi connectivity index (χ1v) is 8.43. The Hall–Kier alpha value is -1.46. The first kappa shape index (κ1) is 16.4. The van der Waals surface area contributed by atoms with Crippen molar-refractivity contribution in [2.24, 2.45) is 5.92 Å². The number of ether oxygens (including phenoxy) is 1. The minimum Gasteiger partial charge on any atom is -0.373 e. The van der Waals surface area contributed by atoms with Gasteiger partial charge in [0.25, 0.3) is 0 Å². The highest BCUT2D eigenvalue weighted by Gasteiger charge is 2.28. The van der Waals surface area contributed by atoms with E-state index in [1.807, 2.05) is 4.90 Å². The summed E-state index contributed by atoms with van der Waals surface area (Å²) in [7, 11) is 2.11. The Labute approximate surface area is 137 Å². The number of amides is 1. The molecule has 1 saturated heterocycles. The second-order valence-electron chi connectivity index (χ2n) is 6.77. The molecule has 126 valence electrons. The molecule has 1 unspecified atom stereocenters. The van der Waals surface area contributed by atoms with Crippen molar-refractivity contribution < 1.29 is 13.9 Å². The maximum atomic E-state index is 13.7. The lowest BCUT2D eigenvalue weighted by Crippen LogP contribution is -2.49. The van der Waals surface area contributed by atoms with E-state index in [1.54, 1.807) is 18.2 Å². The van der Waals surface area contributed by atoms with Crippen LogP contribution in [0.1, 0.15) is 18.4 Å². The van der Waals surface area contributed by atoms with Crippen LogP contribution in [0.2, 0.25) is 0 Å². The van der Waals surface area contributed by atoms with E-state index >= 15 is 0 Å². The Morgan fingerprint density at radius 3 is 2.87 bits per heavy atom. The SMILES string of the molecule is CN(CC1CC1)CC1CN(C(=O)Cc2ccccc2F)CCO1. The summed E-state index contributed by atoms with van der Waals surface area (Å²) in [6.07, 6.45) is 2.85. The van der Waals surface area contributed by atoms with Crippen LogP contribution in [0.4, 0.5) is 4.39 Å². The highest BCUT2D eigenvalue weighted by molar-refractivity contribution is 5.79. The van der Waals surface area contributed by atoms with Crippen LogP contribution >= 0.6 is 0 Å². The lowest BCUT2D eigenvalue weighted by molar-refractivity contribution is -0.138. The summed E-state index contributed by atoms with van der Waals surface area (Å²) in [6.45, 7) is 3.71. The standard InChI is InChI=1S/C18H25FN2O2/c1-20(11-14-6-7-14)12-16-13-21(8-9-23-16)18(22)10-15-4-2-3-5-17(15)19/h2-5,14,16H,6-13H2,1H3. The van der Waals surface area contributed by atoms with Crippen LogP contribution in [0.5, 0.6) is 0 Å². The Kier molecular flexibility index (Phi) is 5.28. The molecule has 1 aromatic rings. The van der Waals surface area contributed by atoms with Crippen molar-refractivity contribution in [1.82, 2.24) is 9.80 Å². The van der Waals surface area contributed by atoms with Crippen LogP contribution < -0.4 is 0 Å². The van der Waals surface area contributed by atoms with Gasteiger partial charge in [-0.15, -0.1) is 0 Å². The number of morpholine rings is 1. The van der Waals surface area contributed by atoms with Gasteiger partial charge in [-0.1, -0.05) is 18.2 Å². The van der Waals surface area contributed by atoms with Gasteiger partial charge in [0.2, 0.25) is 5.91 Å². The van der Waals surface area contributed by atoms with Gasteiger partial charge in [0.05, 0.1) is 19.1 Å². The zero-order chi connectivity index (χ0) is 16.2. The summed E-state index contributed by atoms with van der Waals surface area (Å²) in [5.41, 5.74) is 0.464. The summed E-state index contributed by atoms with van der Waals surface area (Å²) < 4.78 is 19.5. The second kappa shape index (κ2) is 7.41. The molecule has 0 bridgehead atoms. The lowest BCUT2D eigenvalue weighted by atomic mass is 10.1. The van der Waals surface area contributed by atoms with Crippen molar-refractivity contribution in [2.45, 2.75) is 25.4 Å². The Morgan fingerprint density at radius 2 is 2.13 bits per heavy atom. The van der Waals surface area contributed by atoms with Crippen LogP contribution in [-0.4, -0.2) is 61.6 Å². The van der Waals surface area contributed by atoms with Crippen molar-refractivity contribution in [3.63, 3.8) is 0 Å². The average molecular weight is 320 g/mol. The molecule has 0 radical (unpaired) electrons. The normalized spacial score (nSPS) is 21.7. The van der Waals surface area contributed by atoms with Crippen LogP contribution in [0, 0.1) is 11.7 Å². The van der Waals surface area contributed by atoms with Gasteiger partial charge in [0.1, 0.15) is 5.82 Å². The minimum atomic E-state index is -0.310. The van der Waals surface area contributed by atoms with Crippen molar-refractivity contribution >= 4 is 5.91 Å². The summed E-state index contributed by atoms with van der Waals surface area (Å²) in [4.78, 5) is 16.5. The molecular formula is C18H25FN2O2. The Morgan fingerprint density at radius 1 is 1.35 bits per heavy atom. The van der Waals surface area contributed by atoms with Crippen LogP contribution in [0.15, 0.2) is 24.3 Å². The number of likely N-dealkylation sites (N-methyl/N-ethyl adjacent to an activating group) is 1. The molecule has 1 aliphatic heterocycles. The van der Waals surface area contributed by atoms with Gasteiger partial charge >= 0.3 is 0 Å². The molecule has 1 heterocycles. The number of benzene rings is 1. The molecule has 1 aliphatic carbocycles. The van der Waals surface area contributed by atoms with Crippen molar-refractivity contribution in [2.75, 3.05) is 39.8 Å². The molecule has 0 spiro atoms. The molecule has 1 aromatic carbocycles. The number of carbonyl (C=O) groups is 1. The number of hydrogen-bond acceptors (Lipinski definition) is 3. The molecule has 2 fully saturated rings. The third-order valence-electron chi connectivity index (χ3n) is 4.57. The van der Waals surface area contributed by atoms with Crippen molar-refractivity contribution in [3.05, 3.63) is 35.6 Å². The summed E-state index contributed by atoms with van der Waals surface area (Å²) in [6, 6.07) is 6.48. The van der Waals surface area contributed by atoms with E-state index in [9.17, 15) is 9.18 Å². The first-order valence-electron chi connectivity index (χ1n) is 8.43. The van der Waals surface area contributed by atoms with E-state index < -0.39 is 0 Å². The van der Waals surface area contributed by atoms with Crippen molar-refractivity contribution in [3.8, 4) is 0 Å². The van der Waals surface area contributed by atoms with Gasteiger partial charge in [-0.25, -0.2) is 4.39 Å². The highest BCUT2D eigenvalue weighted by Crippen LogP contribution is 2.29. The molecule has 1 atom stereocenters. The monoisotopic (exact) mass is 320 g/mol. The largest absolute Gasteiger partial charge is 0.373 e. The number of carbonyl (C=O) groups excluding carboxylic acids is 1. The predicted octanol–water partition coefficient (Wildman–Crippen LogP) is 1.94. The Bertz CT molecular complexity index is 548. The summed E-state index contributed by atoms with van der Waals surface area (Å²) >= 11 is 0. The van der Waals surface area contributed by atoms with E-state index in [-0.39, 0.29) is 24.2 Å². The smallest absolute Gasteiger partial charge is 0.227 e. The number of hydrogen-bond donors (Lipinski definition) is 0. The van der Waals surface area contributed by atoms with E-state index in [2.05, 4.69) is 11.9 Å². The molecule has 0 N–H and O–H groups in total. The summed E-state index contributed by atoms with van der Waals surface area (Å²) in [5.74, 6) is 0.519. The highest BCUT2D eigenvalue weighted by atomic mass is 19.1. The quantitative estimate of drug-likeness (QED) is 0.803. The molecule has 1 amide bonds. The van der Waals surface area contributed by atoms with Gasteiger partial charge < -0.3 is 14.5 Å². The number of rotatable bonds is 6. The van der Waals surface area contributed by atoms with E-state index in [0.717, 1.165) is 19.0 Å². The van der Waals surface area contributed by atoms with Crippen LogP contribution in [-0.2, 0) is 16.0 Å². The Balaban J connectivity index is 1.50. The molecule has 2 aliphatic rings.